The van der Waals surface area contributed by atoms with E-state index in [0.717, 1.165) is 0 Å². The number of hydrogen-bond donors (Lipinski definition) is 0. The first kappa shape index (κ1) is 14.7. The molecule has 0 bridgehead atoms. The van der Waals surface area contributed by atoms with E-state index in [1.165, 1.54) is 30.3 Å². The zero-order valence-corrected chi connectivity index (χ0v) is 12.3. The van der Waals surface area contributed by atoms with Crippen molar-refractivity contribution in [2.75, 3.05) is 0 Å². The highest BCUT2D eigenvalue weighted by Crippen LogP contribution is 2.31. The molecule has 104 valence electrons. The minimum Gasteiger partial charge on any atom is -0.484 e. The van der Waals surface area contributed by atoms with Gasteiger partial charge < -0.3 is 4.74 Å². The summed E-state index contributed by atoms with van der Waals surface area (Å²) in [6.45, 7) is -0.0388. The fraction of sp³-hybridized carbons (Fsp3) is 0.0769. The molecular formula is C13H8BrClFNO3. The van der Waals surface area contributed by atoms with Gasteiger partial charge in [0.15, 0.2) is 11.6 Å². The summed E-state index contributed by atoms with van der Waals surface area (Å²) in [5, 5.41) is 11.0. The average molecular weight is 361 g/mol. The van der Waals surface area contributed by atoms with Crippen LogP contribution in [0.3, 0.4) is 0 Å². The largest absolute Gasteiger partial charge is 0.484 e. The number of benzene rings is 2. The number of para-hydroxylation sites is 1. The van der Waals surface area contributed by atoms with Crippen molar-refractivity contribution in [3.8, 4) is 5.75 Å². The van der Waals surface area contributed by atoms with Crippen molar-refractivity contribution < 1.29 is 14.1 Å². The van der Waals surface area contributed by atoms with Crippen LogP contribution in [-0.4, -0.2) is 4.92 Å². The maximum Gasteiger partial charge on any atom is 0.283 e. The molecule has 2 rings (SSSR count). The Hall–Kier alpha value is -1.66. The van der Waals surface area contributed by atoms with Gasteiger partial charge >= 0.3 is 0 Å². The first-order valence-corrected chi connectivity index (χ1v) is 6.66. The van der Waals surface area contributed by atoms with Crippen LogP contribution < -0.4 is 4.74 Å². The van der Waals surface area contributed by atoms with Gasteiger partial charge in [-0.25, -0.2) is 4.39 Å². The second-order valence-electron chi connectivity index (χ2n) is 3.85. The third kappa shape index (κ3) is 3.08. The molecule has 20 heavy (non-hydrogen) atoms. The molecule has 2 aromatic rings. The van der Waals surface area contributed by atoms with E-state index in [2.05, 4.69) is 15.9 Å². The Kier molecular flexibility index (Phi) is 4.57. The van der Waals surface area contributed by atoms with Crippen LogP contribution >= 0.6 is 27.5 Å². The van der Waals surface area contributed by atoms with Gasteiger partial charge in [0.2, 0.25) is 0 Å². The van der Waals surface area contributed by atoms with Crippen molar-refractivity contribution in [3.05, 3.63) is 67.4 Å². The Morgan fingerprint density at radius 3 is 2.65 bits per heavy atom. The lowest BCUT2D eigenvalue weighted by Gasteiger charge is -2.10. The Morgan fingerprint density at radius 2 is 2.00 bits per heavy atom. The number of nitro groups is 1. The number of hydrogen-bond acceptors (Lipinski definition) is 3. The van der Waals surface area contributed by atoms with Gasteiger partial charge in [0.05, 0.1) is 9.95 Å². The first-order chi connectivity index (χ1) is 9.50. The molecular weight excluding hydrogens is 353 g/mol. The van der Waals surface area contributed by atoms with Gasteiger partial charge in [0.25, 0.3) is 5.69 Å². The van der Waals surface area contributed by atoms with Crippen LogP contribution in [-0.2, 0) is 6.61 Å². The van der Waals surface area contributed by atoms with Crippen LogP contribution in [0.2, 0.25) is 5.02 Å². The normalized spacial score (nSPS) is 10.3. The minimum absolute atomic E-state index is 0.0388. The smallest absolute Gasteiger partial charge is 0.283 e. The van der Waals surface area contributed by atoms with Gasteiger partial charge in [-0.15, -0.1) is 0 Å². The minimum atomic E-state index is -0.584. The summed E-state index contributed by atoms with van der Waals surface area (Å²) in [4.78, 5) is 10.3. The fourth-order valence-electron chi connectivity index (χ4n) is 1.59. The van der Waals surface area contributed by atoms with E-state index in [4.69, 9.17) is 16.3 Å². The van der Waals surface area contributed by atoms with Crippen LogP contribution in [0.4, 0.5) is 10.1 Å². The maximum atomic E-state index is 13.5. The molecule has 0 N–H and O–H groups in total. The van der Waals surface area contributed by atoms with Crippen molar-refractivity contribution in [1.29, 1.82) is 0 Å². The summed E-state index contributed by atoms with van der Waals surface area (Å²) in [5.74, 6) is -0.661. The van der Waals surface area contributed by atoms with E-state index in [0.29, 0.717) is 10.0 Å². The van der Waals surface area contributed by atoms with Gasteiger partial charge in [-0.05, 0) is 28.1 Å². The highest BCUT2D eigenvalue weighted by Gasteiger charge is 2.16. The van der Waals surface area contributed by atoms with Crippen LogP contribution in [0.15, 0.2) is 40.9 Å². The Morgan fingerprint density at radius 1 is 1.30 bits per heavy atom. The fourth-order valence-corrected chi connectivity index (χ4v) is 2.33. The quantitative estimate of drug-likeness (QED) is 0.585. The summed E-state index contributed by atoms with van der Waals surface area (Å²) in [6.07, 6.45) is 0. The zero-order valence-electron chi connectivity index (χ0n) is 9.98. The average Bonchev–Trinajstić information content (AvgIpc) is 2.39. The summed E-state index contributed by atoms with van der Waals surface area (Å²) < 4.78 is 19.1. The van der Waals surface area contributed by atoms with E-state index in [9.17, 15) is 14.5 Å². The third-order valence-corrected chi connectivity index (χ3v) is 3.76. The van der Waals surface area contributed by atoms with E-state index in [1.54, 1.807) is 6.07 Å². The van der Waals surface area contributed by atoms with Gasteiger partial charge in [0, 0.05) is 11.6 Å². The highest BCUT2D eigenvalue weighted by molar-refractivity contribution is 9.10. The lowest BCUT2D eigenvalue weighted by atomic mass is 10.2. The summed E-state index contributed by atoms with van der Waals surface area (Å²) >= 11 is 8.98. The molecule has 0 heterocycles. The SMILES string of the molecule is O=[N+]([O-])c1cccc(COc2c(F)cccc2Cl)c1Br. The molecule has 0 unspecified atom stereocenters. The summed E-state index contributed by atoms with van der Waals surface area (Å²) in [7, 11) is 0. The monoisotopic (exact) mass is 359 g/mol. The van der Waals surface area contributed by atoms with Crippen molar-refractivity contribution in [1.82, 2.24) is 0 Å². The topological polar surface area (TPSA) is 52.4 Å². The molecule has 0 amide bonds. The molecule has 0 atom stereocenters. The van der Waals surface area contributed by atoms with Crippen LogP contribution in [0.5, 0.6) is 5.75 Å². The predicted octanol–water partition coefficient (Wildman–Crippen LogP) is 4.73. The van der Waals surface area contributed by atoms with Crippen molar-refractivity contribution in [2.24, 2.45) is 0 Å². The molecule has 0 aromatic heterocycles. The molecule has 0 aliphatic carbocycles. The zero-order chi connectivity index (χ0) is 14.7. The molecule has 0 saturated carbocycles. The van der Waals surface area contributed by atoms with Crippen molar-refractivity contribution in [3.63, 3.8) is 0 Å². The lowest BCUT2D eigenvalue weighted by Crippen LogP contribution is -2.00. The van der Waals surface area contributed by atoms with E-state index in [-0.39, 0.29) is 23.1 Å². The molecule has 0 aliphatic heterocycles. The summed E-state index contributed by atoms with van der Waals surface area (Å²) in [5.41, 5.74) is 0.448. The van der Waals surface area contributed by atoms with Crippen molar-refractivity contribution in [2.45, 2.75) is 6.61 Å². The van der Waals surface area contributed by atoms with Gasteiger partial charge in [-0.3, -0.25) is 10.1 Å². The van der Waals surface area contributed by atoms with Crippen molar-refractivity contribution >= 4 is 33.2 Å². The molecule has 0 saturated heterocycles. The highest BCUT2D eigenvalue weighted by atomic mass is 79.9. The number of nitro benzene ring substituents is 1. The second kappa shape index (κ2) is 6.19. The molecule has 0 spiro atoms. The van der Waals surface area contributed by atoms with Gasteiger partial charge in [0.1, 0.15) is 11.1 Å². The Balaban J connectivity index is 2.24. The number of halogens is 3. The van der Waals surface area contributed by atoms with Gasteiger partial charge in [-0.1, -0.05) is 29.8 Å². The standard InChI is InChI=1S/C13H8BrClFNO3/c14-12-8(3-1-6-11(12)17(18)19)7-20-13-9(15)4-2-5-10(13)16/h1-6H,7H2. The van der Waals surface area contributed by atoms with Crippen LogP contribution in [0.1, 0.15) is 5.56 Å². The van der Waals surface area contributed by atoms with Crippen LogP contribution in [0.25, 0.3) is 0 Å². The maximum absolute atomic E-state index is 13.5. The molecule has 0 fully saturated rings. The van der Waals surface area contributed by atoms with Gasteiger partial charge in [-0.2, -0.15) is 0 Å². The first-order valence-electron chi connectivity index (χ1n) is 5.49. The van der Waals surface area contributed by atoms with E-state index >= 15 is 0 Å². The lowest BCUT2D eigenvalue weighted by molar-refractivity contribution is -0.385. The van der Waals surface area contributed by atoms with E-state index in [1.807, 2.05) is 0 Å². The molecule has 0 aliphatic rings. The molecule has 0 radical (unpaired) electrons. The number of ether oxygens (including phenoxy) is 1. The second-order valence-corrected chi connectivity index (χ2v) is 5.05. The number of rotatable bonds is 4. The molecule has 4 nitrogen and oxygen atoms in total. The third-order valence-electron chi connectivity index (χ3n) is 2.55. The van der Waals surface area contributed by atoms with E-state index < -0.39 is 10.7 Å². The Labute approximate surface area is 127 Å². The summed E-state index contributed by atoms with van der Waals surface area (Å²) in [6, 6.07) is 8.74. The van der Waals surface area contributed by atoms with Crippen LogP contribution in [0, 0.1) is 15.9 Å². The predicted molar refractivity (Wildman–Crippen MR) is 76.5 cm³/mol. The molecule has 2 aromatic carbocycles. The molecule has 7 heteroatoms. The number of nitrogens with zero attached hydrogens (tertiary/aromatic N) is 1. The Bertz CT molecular complexity index is 646.